The van der Waals surface area contributed by atoms with Crippen LogP contribution in [-0.2, 0) is 4.74 Å². The van der Waals surface area contributed by atoms with Gasteiger partial charge in [-0.05, 0) is 48.6 Å². The summed E-state index contributed by atoms with van der Waals surface area (Å²) >= 11 is 23.5. The number of amides is 1. The first kappa shape index (κ1) is 27.6. The monoisotopic (exact) mass is 549 g/mol. The maximum absolute atomic E-state index is 12.9. The Bertz CT molecular complexity index is 1020. The molecule has 0 spiro atoms. The molecule has 2 aromatic carbocycles. The highest BCUT2D eigenvalue weighted by Gasteiger charge is 2.35. The van der Waals surface area contributed by atoms with E-state index in [0.717, 1.165) is 0 Å². The van der Waals surface area contributed by atoms with Gasteiger partial charge in [-0.3, -0.25) is 4.79 Å². The molecule has 0 aliphatic rings. The van der Waals surface area contributed by atoms with Gasteiger partial charge < -0.3 is 34.9 Å². The van der Waals surface area contributed by atoms with Gasteiger partial charge in [-0.25, -0.2) is 4.79 Å². The van der Waals surface area contributed by atoms with E-state index in [4.69, 9.17) is 61.2 Å². The predicted octanol–water partition coefficient (Wildman–Crippen LogP) is 3.91. The third-order valence-corrected chi connectivity index (χ3v) is 5.24. The largest absolute Gasteiger partial charge is 0.493 e. The summed E-state index contributed by atoms with van der Waals surface area (Å²) in [4.78, 5) is 24.5. The molecule has 34 heavy (non-hydrogen) atoms. The zero-order valence-electron chi connectivity index (χ0n) is 18.5. The number of carbonyl (C=O) groups is 2. The Morgan fingerprint density at radius 3 is 1.88 bits per heavy atom. The van der Waals surface area contributed by atoms with Gasteiger partial charge in [0.2, 0.25) is 9.54 Å². The lowest BCUT2D eigenvalue weighted by Crippen LogP contribution is -2.56. The van der Waals surface area contributed by atoms with Crippen LogP contribution < -0.4 is 30.2 Å². The summed E-state index contributed by atoms with van der Waals surface area (Å²) in [6, 6.07) is 9.22. The minimum absolute atomic E-state index is 0.0485. The lowest BCUT2D eigenvalue weighted by molar-refractivity contribution is 0.0600. The minimum Gasteiger partial charge on any atom is -0.493 e. The van der Waals surface area contributed by atoms with Crippen molar-refractivity contribution < 1.29 is 28.5 Å². The lowest BCUT2D eigenvalue weighted by atomic mass is 10.1. The molecular formula is C21H22Cl3N3O6S. The van der Waals surface area contributed by atoms with Crippen molar-refractivity contribution in [1.82, 2.24) is 10.6 Å². The van der Waals surface area contributed by atoms with E-state index in [1.165, 1.54) is 40.6 Å². The van der Waals surface area contributed by atoms with Gasteiger partial charge in [0.1, 0.15) is 6.17 Å². The van der Waals surface area contributed by atoms with Crippen molar-refractivity contribution in [3.05, 3.63) is 47.5 Å². The quantitative estimate of drug-likeness (QED) is 0.195. The van der Waals surface area contributed by atoms with Crippen LogP contribution in [0.5, 0.6) is 17.2 Å². The number of hydrogen-bond acceptors (Lipinski definition) is 7. The van der Waals surface area contributed by atoms with Crippen molar-refractivity contribution in [2.45, 2.75) is 9.96 Å². The van der Waals surface area contributed by atoms with Crippen LogP contribution >= 0.6 is 47.0 Å². The Hall–Kier alpha value is -2.66. The zero-order chi connectivity index (χ0) is 25.5. The molecule has 0 aliphatic carbocycles. The number of benzene rings is 2. The average molecular weight is 551 g/mol. The molecule has 0 bridgehead atoms. The fraction of sp³-hybridized carbons (Fsp3) is 0.286. The third-order valence-electron chi connectivity index (χ3n) is 4.37. The van der Waals surface area contributed by atoms with Gasteiger partial charge in [0.15, 0.2) is 16.6 Å². The molecule has 184 valence electrons. The van der Waals surface area contributed by atoms with Crippen molar-refractivity contribution >= 4 is 69.7 Å². The number of alkyl halides is 3. The Morgan fingerprint density at radius 1 is 0.882 bits per heavy atom. The van der Waals surface area contributed by atoms with E-state index >= 15 is 0 Å². The summed E-state index contributed by atoms with van der Waals surface area (Å²) in [7, 11) is 5.58. The van der Waals surface area contributed by atoms with E-state index in [2.05, 4.69) is 20.7 Å². The molecule has 0 heterocycles. The van der Waals surface area contributed by atoms with Crippen LogP contribution in [0.2, 0.25) is 0 Å². The van der Waals surface area contributed by atoms with Gasteiger partial charge in [0, 0.05) is 11.3 Å². The number of anilines is 1. The molecule has 0 radical (unpaired) electrons. The van der Waals surface area contributed by atoms with Gasteiger partial charge in [0.25, 0.3) is 5.91 Å². The number of methoxy groups -OCH3 is 4. The summed E-state index contributed by atoms with van der Waals surface area (Å²) in [6.45, 7) is 0. The smallest absolute Gasteiger partial charge is 0.337 e. The second kappa shape index (κ2) is 12.2. The molecule has 0 aromatic heterocycles. The highest BCUT2D eigenvalue weighted by Crippen LogP contribution is 2.38. The first-order valence-corrected chi connectivity index (χ1v) is 11.0. The maximum Gasteiger partial charge on any atom is 0.337 e. The Morgan fingerprint density at radius 2 is 1.44 bits per heavy atom. The van der Waals surface area contributed by atoms with Crippen LogP contribution in [0.25, 0.3) is 0 Å². The number of nitrogens with one attached hydrogen (secondary N) is 3. The van der Waals surface area contributed by atoms with E-state index in [1.54, 1.807) is 24.3 Å². The molecular weight excluding hydrogens is 529 g/mol. The van der Waals surface area contributed by atoms with Gasteiger partial charge in [-0.2, -0.15) is 0 Å². The summed E-state index contributed by atoms with van der Waals surface area (Å²) in [5.41, 5.74) is 1.07. The van der Waals surface area contributed by atoms with Gasteiger partial charge in [-0.15, -0.1) is 0 Å². The Balaban J connectivity index is 2.17. The van der Waals surface area contributed by atoms with E-state index in [0.29, 0.717) is 17.0 Å². The molecule has 1 unspecified atom stereocenters. The van der Waals surface area contributed by atoms with Gasteiger partial charge >= 0.3 is 5.97 Å². The van der Waals surface area contributed by atoms with E-state index in [9.17, 15) is 9.59 Å². The SMILES string of the molecule is COC(=O)c1ccc(NC(=S)NC(NC(=O)c2cc(OC)c(OC)c(OC)c2)C(Cl)(Cl)Cl)cc1. The minimum atomic E-state index is -1.98. The first-order valence-electron chi connectivity index (χ1n) is 9.47. The van der Waals surface area contributed by atoms with Crippen LogP contribution in [0.1, 0.15) is 20.7 Å². The molecule has 2 rings (SSSR count). The second-order valence-electron chi connectivity index (χ2n) is 6.53. The fourth-order valence-electron chi connectivity index (χ4n) is 2.73. The molecule has 2 aromatic rings. The molecule has 9 nitrogen and oxygen atoms in total. The van der Waals surface area contributed by atoms with Gasteiger partial charge in [0.05, 0.1) is 34.0 Å². The van der Waals surface area contributed by atoms with Crippen molar-refractivity contribution in [2.24, 2.45) is 0 Å². The number of thiocarbonyl (C=S) groups is 1. The van der Waals surface area contributed by atoms with E-state index < -0.39 is 21.8 Å². The highest BCUT2D eigenvalue weighted by molar-refractivity contribution is 7.80. The van der Waals surface area contributed by atoms with Crippen LogP contribution in [0.4, 0.5) is 5.69 Å². The third kappa shape index (κ3) is 7.17. The summed E-state index contributed by atoms with van der Waals surface area (Å²) in [5.74, 6) is -0.205. The summed E-state index contributed by atoms with van der Waals surface area (Å²) in [6.07, 6.45) is -1.22. The number of esters is 1. The van der Waals surface area contributed by atoms with Crippen LogP contribution in [0, 0.1) is 0 Å². The van der Waals surface area contributed by atoms with E-state index in [-0.39, 0.29) is 22.2 Å². The Labute approximate surface area is 216 Å². The van der Waals surface area contributed by atoms with Crippen molar-refractivity contribution in [1.29, 1.82) is 0 Å². The first-order chi connectivity index (χ1) is 16.0. The number of carbonyl (C=O) groups excluding carboxylic acids is 2. The number of ether oxygens (including phenoxy) is 4. The van der Waals surface area contributed by atoms with Crippen LogP contribution in [0.3, 0.4) is 0 Å². The molecule has 13 heteroatoms. The average Bonchev–Trinajstić information content (AvgIpc) is 2.81. The molecule has 1 atom stereocenters. The molecule has 0 saturated heterocycles. The van der Waals surface area contributed by atoms with Crippen molar-refractivity contribution in [2.75, 3.05) is 33.8 Å². The van der Waals surface area contributed by atoms with Crippen molar-refractivity contribution in [3.8, 4) is 17.2 Å². The maximum atomic E-state index is 12.9. The normalized spacial score (nSPS) is 11.6. The highest BCUT2D eigenvalue weighted by atomic mass is 35.6. The van der Waals surface area contributed by atoms with E-state index in [1.807, 2.05) is 0 Å². The van der Waals surface area contributed by atoms with Crippen molar-refractivity contribution in [3.63, 3.8) is 0 Å². The molecule has 3 N–H and O–H groups in total. The number of rotatable bonds is 8. The lowest BCUT2D eigenvalue weighted by Gasteiger charge is -2.28. The Kier molecular flexibility index (Phi) is 9.87. The molecule has 0 aliphatic heterocycles. The fourth-order valence-corrected chi connectivity index (χ4v) is 3.30. The van der Waals surface area contributed by atoms with Crippen LogP contribution in [0.15, 0.2) is 36.4 Å². The summed E-state index contributed by atoms with van der Waals surface area (Å²) < 4.78 is 18.5. The topological polar surface area (TPSA) is 107 Å². The molecule has 0 saturated carbocycles. The summed E-state index contributed by atoms with van der Waals surface area (Å²) in [5, 5.41) is 8.25. The number of hydrogen-bond donors (Lipinski definition) is 3. The molecule has 1 amide bonds. The predicted molar refractivity (Wildman–Crippen MR) is 135 cm³/mol. The zero-order valence-corrected chi connectivity index (χ0v) is 21.6. The standard InChI is InChI=1S/C21H22Cl3N3O6S/c1-30-14-9-12(10-15(31-2)16(14)32-3)17(28)26-19(21(22,23)24)27-20(34)25-13-7-5-11(6-8-13)18(29)33-4/h5-10,19H,1-4H3,(H,26,28)(H2,25,27,34). The molecule has 0 fully saturated rings. The van der Waals surface area contributed by atoms with Gasteiger partial charge in [-0.1, -0.05) is 34.8 Å². The number of halogens is 3. The van der Waals surface area contributed by atoms with Crippen LogP contribution in [-0.4, -0.2) is 55.4 Å². The second-order valence-corrected chi connectivity index (χ2v) is 9.31.